The molecule has 1 fully saturated rings. The summed E-state index contributed by atoms with van der Waals surface area (Å²) >= 11 is 0. The van der Waals surface area contributed by atoms with E-state index in [0.29, 0.717) is 12.8 Å². The average molecular weight is 276 g/mol. The number of hydrogen-bond donors (Lipinski definition) is 1. The number of nitrogens with one attached hydrogen (secondary N) is 1. The Labute approximate surface area is 118 Å². The zero-order valence-corrected chi connectivity index (χ0v) is 11.8. The van der Waals surface area contributed by atoms with Crippen molar-refractivity contribution in [1.82, 2.24) is 10.2 Å². The number of benzene rings is 1. The molecule has 1 aliphatic rings. The molecule has 1 N–H and O–H groups in total. The molecule has 0 heterocycles. The minimum atomic E-state index is -0.422. The number of amides is 2. The third kappa shape index (κ3) is 3.73. The van der Waals surface area contributed by atoms with Crippen LogP contribution in [0.25, 0.3) is 0 Å². The summed E-state index contributed by atoms with van der Waals surface area (Å²) in [5.74, 6) is 0.158. The number of carbonyl (C=O) groups excluding carboxylic acids is 2. The highest BCUT2D eigenvalue weighted by Gasteiger charge is 2.36. The van der Waals surface area contributed by atoms with E-state index < -0.39 is 6.09 Å². The summed E-state index contributed by atoms with van der Waals surface area (Å²) in [6, 6.07) is 9.58. The molecule has 0 aromatic heterocycles. The first-order valence-corrected chi connectivity index (χ1v) is 6.74. The third-order valence-corrected chi connectivity index (χ3v) is 3.46. The van der Waals surface area contributed by atoms with E-state index in [2.05, 4.69) is 5.32 Å². The van der Waals surface area contributed by atoms with Gasteiger partial charge < -0.3 is 15.0 Å². The first-order chi connectivity index (χ1) is 9.56. The van der Waals surface area contributed by atoms with Crippen LogP contribution in [-0.4, -0.2) is 37.0 Å². The first kappa shape index (κ1) is 14.4. The maximum absolute atomic E-state index is 11.6. The van der Waals surface area contributed by atoms with E-state index in [0.717, 1.165) is 5.56 Å². The Morgan fingerprint density at radius 3 is 2.50 bits per heavy atom. The van der Waals surface area contributed by atoms with Gasteiger partial charge in [0.05, 0.1) is 0 Å². The van der Waals surface area contributed by atoms with Crippen molar-refractivity contribution in [2.75, 3.05) is 14.1 Å². The largest absolute Gasteiger partial charge is 0.445 e. The molecule has 2 rings (SSSR count). The van der Waals surface area contributed by atoms with Gasteiger partial charge in [-0.25, -0.2) is 4.79 Å². The number of ether oxygens (including phenoxy) is 1. The molecular weight excluding hydrogens is 256 g/mol. The van der Waals surface area contributed by atoms with Crippen LogP contribution < -0.4 is 5.32 Å². The van der Waals surface area contributed by atoms with E-state index in [-0.39, 0.29) is 24.5 Å². The Morgan fingerprint density at radius 2 is 1.90 bits per heavy atom. The SMILES string of the molecule is CN(C)C(=O)[C@H]1C[C@H](NC(=O)OCc2ccccc2)C1. The van der Waals surface area contributed by atoms with Gasteiger partial charge in [0.15, 0.2) is 0 Å². The van der Waals surface area contributed by atoms with Crippen molar-refractivity contribution in [3.8, 4) is 0 Å². The van der Waals surface area contributed by atoms with Crippen LogP contribution in [0.3, 0.4) is 0 Å². The molecule has 108 valence electrons. The highest BCUT2D eigenvalue weighted by Crippen LogP contribution is 2.28. The van der Waals surface area contributed by atoms with Crippen LogP contribution in [0.2, 0.25) is 0 Å². The summed E-state index contributed by atoms with van der Waals surface area (Å²) in [5, 5.41) is 2.78. The van der Waals surface area contributed by atoms with Crippen LogP contribution in [0.15, 0.2) is 30.3 Å². The van der Waals surface area contributed by atoms with Crippen molar-refractivity contribution in [3.05, 3.63) is 35.9 Å². The minimum Gasteiger partial charge on any atom is -0.445 e. The number of rotatable bonds is 4. The van der Waals surface area contributed by atoms with Crippen LogP contribution in [-0.2, 0) is 16.1 Å². The summed E-state index contributed by atoms with van der Waals surface area (Å²) in [6.07, 6.45) is 0.962. The topological polar surface area (TPSA) is 58.6 Å². The van der Waals surface area contributed by atoms with Gasteiger partial charge in [0.25, 0.3) is 0 Å². The molecular formula is C15H20N2O3. The van der Waals surface area contributed by atoms with Gasteiger partial charge in [-0.15, -0.1) is 0 Å². The van der Waals surface area contributed by atoms with E-state index in [4.69, 9.17) is 4.74 Å². The molecule has 5 nitrogen and oxygen atoms in total. The highest BCUT2D eigenvalue weighted by atomic mass is 16.5. The van der Waals surface area contributed by atoms with Gasteiger partial charge in [0.2, 0.25) is 5.91 Å². The van der Waals surface area contributed by atoms with Gasteiger partial charge in [0.1, 0.15) is 6.61 Å². The Morgan fingerprint density at radius 1 is 1.25 bits per heavy atom. The molecule has 1 aromatic rings. The molecule has 0 radical (unpaired) electrons. The smallest absolute Gasteiger partial charge is 0.407 e. The lowest BCUT2D eigenvalue weighted by Crippen LogP contribution is -2.49. The van der Waals surface area contributed by atoms with Gasteiger partial charge in [-0.05, 0) is 18.4 Å². The van der Waals surface area contributed by atoms with Crippen LogP contribution in [0, 0.1) is 5.92 Å². The maximum atomic E-state index is 11.6. The van der Waals surface area contributed by atoms with Crippen molar-refractivity contribution < 1.29 is 14.3 Å². The third-order valence-electron chi connectivity index (χ3n) is 3.46. The average Bonchev–Trinajstić information content (AvgIpc) is 2.40. The van der Waals surface area contributed by atoms with E-state index >= 15 is 0 Å². The monoisotopic (exact) mass is 276 g/mol. The lowest BCUT2D eigenvalue weighted by molar-refractivity contribution is -0.136. The summed E-state index contributed by atoms with van der Waals surface area (Å²) in [7, 11) is 3.49. The molecule has 20 heavy (non-hydrogen) atoms. The normalized spacial score (nSPS) is 20.7. The zero-order chi connectivity index (χ0) is 14.5. The maximum Gasteiger partial charge on any atom is 0.407 e. The van der Waals surface area contributed by atoms with E-state index in [1.165, 1.54) is 0 Å². The second kappa shape index (κ2) is 6.41. The molecule has 1 saturated carbocycles. The van der Waals surface area contributed by atoms with Gasteiger partial charge in [-0.1, -0.05) is 30.3 Å². The van der Waals surface area contributed by atoms with Crippen LogP contribution in [0.5, 0.6) is 0 Å². The molecule has 1 aliphatic carbocycles. The molecule has 0 atom stereocenters. The summed E-state index contributed by atoms with van der Waals surface area (Å²) in [5.41, 5.74) is 0.955. The molecule has 5 heteroatoms. The first-order valence-electron chi connectivity index (χ1n) is 6.74. The lowest BCUT2D eigenvalue weighted by atomic mass is 9.79. The lowest BCUT2D eigenvalue weighted by Gasteiger charge is -2.35. The standard InChI is InChI=1S/C15H20N2O3/c1-17(2)14(18)12-8-13(9-12)16-15(19)20-10-11-6-4-3-5-7-11/h3-7,12-13H,8-10H2,1-2H3,(H,16,19)/t12-,13-. The number of hydrogen-bond acceptors (Lipinski definition) is 3. The predicted octanol–water partition coefficient (Wildman–Crippen LogP) is 1.78. The van der Waals surface area contributed by atoms with Crippen molar-refractivity contribution in [2.24, 2.45) is 5.92 Å². The predicted molar refractivity (Wildman–Crippen MR) is 75.0 cm³/mol. The van der Waals surface area contributed by atoms with Crippen molar-refractivity contribution in [3.63, 3.8) is 0 Å². The quantitative estimate of drug-likeness (QED) is 0.912. The van der Waals surface area contributed by atoms with Gasteiger partial charge in [0, 0.05) is 26.1 Å². The van der Waals surface area contributed by atoms with Crippen LogP contribution >= 0.6 is 0 Å². The second-order valence-corrected chi connectivity index (χ2v) is 5.30. The Bertz CT molecular complexity index is 467. The van der Waals surface area contributed by atoms with Gasteiger partial charge in [-0.2, -0.15) is 0 Å². The molecule has 0 saturated heterocycles. The van der Waals surface area contributed by atoms with E-state index in [9.17, 15) is 9.59 Å². The fourth-order valence-electron chi connectivity index (χ4n) is 2.23. The molecule has 1 aromatic carbocycles. The number of alkyl carbamates (subject to hydrolysis) is 1. The van der Waals surface area contributed by atoms with Crippen LogP contribution in [0.4, 0.5) is 4.79 Å². The Kier molecular flexibility index (Phi) is 4.61. The Hall–Kier alpha value is -2.04. The van der Waals surface area contributed by atoms with E-state index in [1.807, 2.05) is 30.3 Å². The highest BCUT2D eigenvalue weighted by molar-refractivity contribution is 5.79. The summed E-state index contributed by atoms with van der Waals surface area (Å²) < 4.78 is 5.13. The fourth-order valence-corrected chi connectivity index (χ4v) is 2.23. The van der Waals surface area contributed by atoms with Gasteiger partial charge in [-0.3, -0.25) is 4.79 Å². The molecule has 0 aliphatic heterocycles. The molecule has 0 bridgehead atoms. The fraction of sp³-hybridized carbons (Fsp3) is 0.467. The molecule has 0 spiro atoms. The zero-order valence-electron chi connectivity index (χ0n) is 11.8. The minimum absolute atomic E-state index is 0.0319. The van der Waals surface area contributed by atoms with Gasteiger partial charge >= 0.3 is 6.09 Å². The summed E-state index contributed by atoms with van der Waals surface area (Å²) in [6.45, 7) is 0.263. The number of carbonyl (C=O) groups is 2. The molecule has 2 amide bonds. The Balaban J connectivity index is 1.66. The second-order valence-electron chi connectivity index (χ2n) is 5.30. The van der Waals surface area contributed by atoms with Crippen molar-refractivity contribution in [2.45, 2.75) is 25.5 Å². The molecule has 0 unspecified atom stereocenters. The van der Waals surface area contributed by atoms with Crippen molar-refractivity contribution >= 4 is 12.0 Å². The summed E-state index contributed by atoms with van der Waals surface area (Å²) in [4.78, 5) is 24.8. The van der Waals surface area contributed by atoms with Crippen LogP contribution in [0.1, 0.15) is 18.4 Å². The van der Waals surface area contributed by atoms with E-state index in [1.54, 1.807) is 19.0 Å². The van der Waals surface area contributed by atoms with Crippen molar-refractivity contribution in [1.29, 1.82) is 0 Å². The number of nitrogens with zero attached hydrogens (tertiary/aromatic N) is 1.